The molecule has 6 unspecified atom stereocenters. The number of rotatable bonds is 16. The molecular formula is C57H94N2O8. The molecule has 2 amide bonds. The number of nitrogens with one attached hydrogen (secondary N) is 2. The van der Waals surface area contributed by atoms with Crippen molar-refractivity contribution < 1.29 is 38.9 Å². The summed E-state index contributed by atoms with van der Waals surface area (Å²) in [6, 6.07) is 0.249. The molecule has 8 fully saturated rings. The van der Waals surface area contributed by atoms with Crippen LogP contribution in [0.3, 0.4) is 0 Å². The quantitative estimate of drug-likeness (QED) is 0.119. The fraction of sp³-hybridized carbons (Fsp3) is 0.930. The van der Waals surface area contributed by atoms with E-state index in [4.69, 9.17) is 9.47 Å². The zero-order valence-corrected chi connectivity index (χ0v) is 42.1. The number of amides is 2. The van der Waals surface area contributed by atoms with Gasteiger partial charge in [-0.1, -0.05) is 78.1 Å². The molecule has 0 aliphatic heterocycles. The van der Waals surface area contributed by atoms with Gasteiger partial charge in [-0.2, -0.15) is 0 Å². The Balaban J connectivity index is 0.681. The van der Waals surface area contributed by atoms with Crippen LogP contribution in [0.15, 0.2) is 0 Å². The smallest absolute Gasteiger partial charge is 0.307 e. The first-order valence-electron chi connectivity index (χ1n) is 28.7. The summed E-state index contributed by atoms with van der Waals surface area (Å²) in [7, 11) is 0. The van der Waals surface area contributed by atoms with E-state index in [1.165, 1.54) is 89.9 Å². The molecule has 8 saturated carbocycles. The van der Waals surface area contributed by atoms with E-state index in [1.807, 2.05) is 0 Å². The van der Waals surface area contributed by atoms with E-state index in [0.717, 1.165) is 115 Å². The fourth-order valence-corrected chi connectivity index (χ4v) is 16.0. The fourth-order valence-electron chi connectivity index (χ4n) is 16.0. The lowest BCUT2D eigenvalue weighted by Crippen LogP contribution is -2.47. The van der Waals surface area contributed by atoms with Gasteiger partial charge in [-0.25, -0.2) is 0 Å². The van der Waals surface area contributed by atoms with Crippen LogP contribution in [0.2, 0.25) is 0 Å². The van der Waals surface area contributed by atoms with E-state index in [-0.39, 0.29) is 36.1 Å². The normalized spacial score (nSPS) is 38.7. The number of hydrogen-bond acceptors (Lipinski definition) is 6. The summed E-state index contributed by atoms with van der Waals surface area (Å²) in [5, 5.41) is 26.9. The number of carbonyl (C=O) groups is 4. The molecule has 10 heteroatoms. The van der Waals surface area contributed by atoms with Crippen LogP contribution in [0, 0.1) is 64.6 Å². The van der Waals surface area contributed by atoms with Gasteiger partial charge in [0.1, 0.15) is 0 Å². The third-order valence-corrected chi connectivity index (χ3v) is 20.3. The second-order valence-electron chi connectivity index (χ2n) is 24.9. The molecule has 10 nitrogen and oxygen atoms in total. The Morgan fingerprint density at radius 2 is 0.731 bits per heavy atom. The van der Waals surface area contributed by atoms with Crippen LogP contribution in [0.1, 0.15) is 232 Å². The maximum Gasteiger partial charge on any atom is 0.307 e. The first-order chi connectivity index (χ1) is 32.4. The van der Waals surface area contributed by atoms with Gasteiger partial charge in [0.05, 0.1) is 48.1 Å². The van der Waals surface area contributed by atoms with Gasteiger partial charge in [0.15, 0.2) is 0 Å². The maximum atomic E-state index is 13.5. The van der Waals surface area contributed by atoms with E-state index in [0.29, 0.717) is 67.0 Å². The van der Waals surface area contributed by atoms with Gasteiger partial charge in [0.2, 0.25) is 11.8 Å². The lowest BCUT2D eigenvalue weighted by Gasteiger charge is -2.47. The zero-order chi connectivity index (χ0) is 46.9. The molecule has 380 valence electrons. The molecule has 0 spiro atoms. The second kappa shape index (κ2) is 24.3. The van der Waals surface area contributed by atoms with Gasteiger partial charge in [0.25, 0.3) is 0 Å². The van der Waals surface area contributed by atoms with Crippen LogP contribution < -0.4 is 10.6 Å². The third-order valence-electron chi connectivity index (χ3n) is 20.3. The predicted octanol–water partition coefficient (Wildman–Crippen LogP) is 12.2. The molecule has 8 rings (SSSR count). The van der Waals surface area contributed by atoms with Crippen molar-refractivity contribution in [3.05, 3.63) is 0 Å². The van der Waals surface area contributed by atoms with Crippen LogP contribution in [-0.4, -0.2) is 70.5 Å². The van der Waals surface area contributed by atoms with Crippen molar-refractivity contribution in [1.29, 1.82) is 0 Å². The Kier molecular flexibility index (Phi) is 18.5. The lowest BCUT2D eigenvalue weighted by atomic mass is 9.60. The van der Waals surface area contributed by atoms with Crippen molar-refractivity contribution in [2.75, 3.05) is 0 Å². The lowest BCUT2D eigenvalue weighted by molar-refractivity contribution is -0.150. The number of ether oxygens (including phenoxy) is 2. The average Bonchev–Trinajstić information content (AvgIpc) is 3.33. The molecule has 4 N–H and O–H groups in total. The van der Waals surface area contributed by atoms with Crippen LogP contribution in [0.4, 0.5) is 0 Å². The molecule has 0 radical (unpaired) electrons. The summed E-state index contributed by atoms with van der Waals surface area (Å²) >= 11 is 0. The van der Waals surface area contributed by atoms with Crippen molar-refractivity contribution in [2.24, 2.45) is 64.6 Å². The van der Waals surface area contributed by atoms with E-state index >= 15 is 0 Å². The highest BCUT2D eigenvalue weighted by atomic mass is 16.5. The van der Waals surface area contributed by atoms with Crippen molar-refractivity contribution in [3.63, 3.8) is 0 Å². The number of carbonyl (C=O) groups excluding carboxylic acids is 2. The Morgan fingerprint density at radius 1 is 0.403 bits per heavy atom. The Bertz CT molecular complexity index is 1460. The standard InChI is InChI=1S/C57H94N2O8/c1-57(2,41-15-23-45(24-16-41)66-47-27-19-43(20-28-47)58-53(60)49-31-13-39(35-51(49)55(62)63)33-37-9-5-3-6-10-37)42-17-25-46(26-18-42)67-48-29-21-44(22-30-48)59-54(61)50-32-14-40(36-52(50)56(64)65)34-38-11-7-4-8-12-38/h37-52H,3-36H2,1-2H3,(H,58,60)(H,59,61)(H,62,63)(H,64,65). The van der Waals surface area contributed by atoms with Gasteiger partial charge >= 0.3 is 11.9 Å². The van der Waals surface area contributed by atoms with E-state index in [1.54, 1.807) is 0 Å². The minimum absolute atomic E-state index is 0.0255. The summed E-state index contributed by atoms with van der Waals surface area (Å²) in [4.78, 5) is 51.7. The molecular weight excluding hydrogens is 841 g/mol. The monoisotopic (exact) mass is 935 g/mol. The zero-order valence-electron chi connectivity index (χ0n) is 42.1. The maximum absolute atomic E-state index is 13.5. The summed E-state index contributed by atoms with van der Waals surface area (Å²) in [6.45, 7) is 5.05. The minimum atomic E-state index is -0.789. The highest BCUT2D eigenvalue weighted by Crippen LogP contribution is 2.50. The summed E-state index contributed by atoms with van der Waals surface area (Å²) < 4.78 is 13.5. The van der Waals surface area contributed by atoms with Gasteiger partial charge in [0, 0.05) is 12.1 Å². The summed E-state index contributed by atoms with van der Waals surface area (Å²) in [6.07, 6.45) is 38.2. The first kappa shape index (κ1) is 51.2. The van der Waals surface area contributed by atoms with Gasteiger partial charge in [-0.05, 0) is 195 Å². The van der Waals surface area contributed by atoms with Crippen LogP contribution in [-0.2, 0) is 28.7 Å². The molecule has 6 atom stereocenters. The van der Waals surface area contributed by atoms with Crippen LogP contribution in [0.5, 0.6) is 0 Å². The highest BCUT2D eigenvalue weighted by molar-refractivity contribution is 5.85. The highest BCUT2D eigenvalue weighted by Gasteiger charge is 2.44. The Hall–Kier alpha value is -2.20. The first-order valence-corrected chi connectivity index (χ1v) is 28.7. The molecule has 0 heterocycles. The van der Waals surface area contributed by atoms with Gasteiger partial charge in [-0.3, -0.25) is 19.2 Å². The van der Waals surface area contributed by atoms with E-state index in [9.17, 15) is 29.4 Å². The third kappa shape index (κ3) is 14.0. The number of hydrogen-bond donors (Lipinski definition) is 4. The molecule has 0 saturated heterocycles. The molecule has 67 heavy (non-hydrogen) atoms. The van der Waals surface area contributed by atoms with Gasteiger partial charge < -0.3 is 30.3 Å². The largest absolute Gasteiger partial charge is 0.481 e. The molecule has 8 aliphatic carbocycles. The Labute approximate surface area is 405 Å². The van der Waals surface area contributed by atoms with Crippen molar-refractivity contribution in [3.8, 4) is 0 Å². The molecule has 0 aromatic heterocycles. The van der Waals surface area contributed by atoms with Crippen LogP contribution in [0.25, 0.3) is 0 Å². The van der Waals surface area contributed by atoms with Gasteiger partial charge in [-0.15, -0.1) is 0 Å². The average molecular weight is 935 g/mol. The molecule has 8 aliphatic rings. The van der Waals surface area contributed by atoms with Crippen molar-refractivity contribution in [1.82, 2.24) is 10.6 Å². The molecule has 0 aromatic rings. The second-order valence-corrected chi connectivity index (χ2v) is 24.9. The Morgan fingerprint density at radius 3 is 1.06 bits per heavy atom. The van der Waals surface area contributed by atoms with E-state index < -0.39 is 35.6 Å². The number of aliphatic carboxylic acids is 2. The number of carboxylic acids is 2. The molecule has 0 bridgehead atoms. The predicted molar refractivity (Wildman–Crippen MR) is 262 cm³/mol. The number of carboxylic acid groups (broad SMARTS) is 2. The SMILES string of the molecule is CC(C)(C1CCC(OC2CCC(NC(=O)C3CCC(CC4CCCCC4)CC3C(=O)O)CC2)CC1)C1CCC(OC2CCC(NC(=O)C3CCC(CC4CCCCC4)CC3C(=O)O)CC2)CC1. The van der Waals surface area contributed by atoms with Crippen molar-refractivity contribution >= 4 is 23.8 Å². The molecule has 0 aromatic carbocycles. The summed E-state index contributed by atoms with van der Waals surface area (Å²) in [5.74, 6) is 0.294. The van der Waals surface area contributed by atoms with E-state index in [2.05, 4.69) is 24.5 Å². The van der Waals surface area contributed by atoms with Crippen LogP contribution >= 0.6 is 0 Å². The topological polar surface area (TPSA) is 151 Å². The minimum Gasteiger partial charge on any atom is -0.481 e. The van der Waals surface area contributed by atoms with Crippen molar-refractivity contribution in [2.45, 2.75) is 269 Å². The summed E-state index contributed by atoms with van der Waals surface area (Å²) in [5.41, 5.74) is 0.297.